The molecule has 0 N–H and O–H groups in total. The van der Waals surface area contributed by atoms with Crippen molar-refractivity contribution in [2.75, 3.05) is 4.90 Å². The maximum Gasteiger partial charge on any atom is 0.164 e. The van der Waals surface area contributed by atoms with Crippen molar-refractivity contribution < 1.29 is 4.42 Å². The van der Waals surface area contributed by atoms with Gasteiger partial charge in [-0.2, -0.15) is 0 Å². The number of nitrogens with zero attached hydrogens (tertiary/aromatic N) is 4. The zero-order valence-corrected chi connectivity index (χ0v) is 26.9. The fourth-order valence-electron chi connectivity index (χ4n) is 7.18. The molecule has 0 radical (unpaired) electrons. The van der Waals surface area contributed by atoms with E-state index in [1.807, 2.05) is 66.7 Å². The second kappa shape index (κ2) is 11.4. The fourth-order valence-corrected chi connectivity index (χ4v) is 7.18. The SMILES string of the molecule is c1ccc(-c2nc(-c3ccccc3)nc(-c3cccc(N4c5ccccc5-c5oc6ccccc6c5-c5c4ccc4ccccc54)c3)n2)cc1. The fraction of sp³-hybridized carbons (Fsp3) is 0. The highest BCUT2D eigenvalue weighted by atomic mass is 16.3. The zero-order chi connectivity index (χ0) is 33.0. The smallest absolute Gasteiger partial charge is 0.164 e. The molecule has 0 bridgehead atoms. The standard InChI is InChI=1S/C45H28N4O/c1-3-15-30(16-4-1)43-46-44(31-17-5-2-6-18-31)48-45(47-43)32-19-13-20-33(28-32)49-37-24-11-9-22-35(37)42-41(36-23-10-12-25-39(36)50-42)40-34-21-8-7-14-29(34)26-27-38(40)49/h1-28H. The molecule has 1 aliphatic heterocycles. The molecule has 0 amide bonds. The van der Waals surface area contributed by atoms with Gasteiger partial charge in [-0.1, -0.05) is 133 Å². The Hall–Kier alpha value is -6.85. The first kappa shape index (κ1) is 28.2. The Morgan fingerprint density at radius 3 is 1.78 bits per heavy atom. The van der Waals surface area contributed by atoms with Crippen molar-refractivity contribution in [1.82, 2.24) is 15.0 Å². The average molecular weight is 641 g/mol. The molecule has 0 saturated carbocycles. The van der Waals surface area contributed by atoms with E-state index in [0.29, 0.717) is 17.5 Å². The van der Waals surface area contributed by atoms with Gasteiger partial charge in [0.1, 0.15) is 11.3 Å². The van der Waals surface area contributed by atoms with E-state index in [2.05, 4.69) is 108 Å². The number of benzene rings is 7. The Morgan fingerprint density at radius 2 is 1.02 bits per heavy atom. The minimum Gasteiger partial charge on any atom is -0.455 e. The third-order valence-corrected chi connectivity index (χ3v) is 9.44. The number of para-hydroxylation sites is 2. The van der Waals surface area contributed by atoms with Crippen LogP contribution in [0, 0.1) is 0 Å². The average Bonchev–Trinajstić information content (AvgIpc) is 3.52. The van der Waals surface area contributed by atoms with Crippen LogP contribution in [-0.4, -0.2) is 15.0 Å². The van der Waals surface area contributed by atoms with Gasteiger partial charge in [0.25, 0.3) is 0 Å². The molecule has 5 nitrogen and oxygen atoms in total. The van der Waals surface area contributed by atoms with Crippen molar-refractivity contribution in [3.05, 3.63) is 170 Å². The molecular weight excluding hydrogens is 613 g/mol. The molecule has 50 heavy (non-hydrogen) atoms. The Bertz CT molecular complexity index is 2660. The number of hydrogen-bond donors (Lipinski definition) is 0. The first-order chi connectivity index (χ1) is 24.8. The number of aromatic nitrogens is 3. The Balaban J connectivity index is 1.22. The van der Waals surface area contributed by atoms with E-state index >= 15 is 0 Å². The highest BCUT2D eigenvalue weighted by molar-refractivity contribution is 6.17. The number of rotatable bonds is 4. The first-order valence-corrected chi connectivity index (χ1v) is 16.7. The minimum atomic E-state index is 0.610. The van der Waals surface area contributed by atoms with Crippen molar-refractivity contribution in [3.8, 4) is 56.6 Å². The molecule has 0 aliphatic carbocycles. The summed E-state index contributed by atoms with van der Waals surface area (Å²) in [5, 5.41) is 3.44. The van der Waals surface area contributed by atoms with E-state index in [1.165, 1.54) is 10.8 Å². The quantitative estimate of drug-likeness (QED) is 0.192. The molecule has 9 aromatic rings. The lowest BCUT2D eigenvalue weighted by Crippen LogP contribution is -2.11. The van der Waals surface area contributed by atoms with Gasteiger partial charge >= 0.3 is 0 Å². The van der Waals surface area contributed by atoms with Crippen LogP contribution in [-0.2, 0) is 0 Å². The lowest BCUT2D eigenvalue weighted by Gasteiger charge is -2.28. The van der Waals surface area contributed by atoms with Crippen LogP contribution in [0.3, 0.4) is 0 Å². The van der Waals surface area contributed by atoms with Crippen molar-refractivity contribution in [1.29, 1.82) is 0 Å². The molecule has 10 rings (SSSR count). The van der Waals surface area contributed by atoms with Crippen LogP contribution in [0.4, 0.5) is 17.1 Å². The summed E-state index contributed by atoms with van der Waals surface area (Å²) in [4.78, 5) is 17.3. The molecule has 3 heterocycles. The summed E-state index contributed by atoms with van der Waals surface area (Å²) in [5.74, 6) is 2.75. The summed E-state index contributed by atoms with van der Waals surface area (Å²) in [7, 11) is 0. The Kier molecular flexibility index (Phi) is 6.42. The second-order valence-electron chi connectivity index (χ2n) is 12.4. The summed E-state index contributed by atoms with van der Waals surface area (Å²) < 4.78 is 6.74. The molecule has 1 aliphatic rings. The molecular formula is C45H28N4O. The maximum atomic E-state index is 6.74. The highest BCUT2D eigenvalue weighted by Crippen LogP contribution is 2.55. The third-order valence-electron chi connectivity index (χ3n) is 9.44. The van der Waals surface area contributed by atoms with Crippen molar-refractivity contribution in [2.24, 2.45) is 0 Å². The first-order valence-electron chi connectivity index (χ1n) is 16.7. The van der Waals surface area contributed by atoms with E-state index in [4.69, 9.17) is 19.4 Å². The van der Waals surface area contributed by atoms with Crippen LogP contribution in [0.25, 0.3) is 78.4 Å². The topological polar surface area (TPSA) is 55.1 Å². The predicted octanol–water partition coefficient (Wildman–Crippen LogP) is 11.9. The molecule has 0 unspecified atom stereocenters. The van der Waals surface area contributed by atoms with Gasteiger partial charge in [0.05, 0.1) is 11.4 Å². The van der Waals surface area contributed by atoms with Crippen LogP contribution in [0.1, 0.15) is 0 Å². The van der Waals surface area contributed by atoms with Crippen LogP contribution >= 0.6 is 0 Å². The van der Waals surface area contributed by atoms with Gasteiger partial charge in [-0.25, -0.2) is 15.0 Å². The minimum absolute atomic E-state index is 0.610. The van der Waals surface area contributed by atoms with Gasteiger partial charge in [-0.05, 0) is 47.2 Å². The van der Waals surface area contributed by atoms with Gasteiger partial charge in [0, 0.05) is 44.5 Å². The van der Waals surface area contributed by atoms with E-state index in [-0.39, 0.29) is 0 Å². The van der Waals surface area contributed by atoms with Gasteiger partial charge < -0.3 is 9.32 Å². The highest BCUT2D eigenvalue weighted by Gasteiger charge is 2.31. The molecule has 0 atom stereocenters. The maximum absolute atomic E-state index is 6.74. The van der Waals surface area contributed by atoms with Crippen LogP contribution in [0.5, 0.6) is 0 Å². The van der Waals surface area contributed by atoms with E-state index in [1.54, 1.807) is 0 Å². The lowest BCUT2D eigenvalue weighted by molar-refractivity contribution is 0.633. The van der Waals surface area contributed by atoms with Crippen LogP contribution in [0.2, 0.25) is 0 Å². The van der Waals surface area contributed by atoms with E-state index in [9.17, 15) is 0 Å². The van der Waals surface area contributed by atoms with Gasteiger partial charge in [-0.15, -0.1) is 0 Å². The molecule has 234 valence electrons. The van der Waals surface area contributed by atoms with Gasteiger partial charge in [0.2, 0.25) is 0 Å². The van der Waals surface area contributed by atoms with E-state index < -0.39 is 0 Å². The molecule has 5 heteroatoms. The van der Waals surface area contributed by atoms with Crippen molar-refractivity contribution >= 4 is 38.8 Å². The lowest BCUT2D eigenvalue weighted by atomic mass is 9.93. The summed E-state index contributed by atoms with van der Waals surface area (Å²) >= 11 is 0. The summed E-state index contributed by atoms with van der Waals surface area (Å²) in [5.41, 5.74) is 10.0. The van der Waals surface area contributed by atoms with Crippen molar-refractivity contribution in [3.63, 3.8) is 0 Å². The second-order valence-corrected chi connectivity index (χ2v) is 12.4. The van der Waals surface area contributed by atoms with Gasteiger partial charge in [0.15, 0.2) is 17.5 Å². The molecule has 0 fully saturated rings. The molecule has 7 aromatic carbocycles. The van der Waals surface area contributed by atoms with Gasteiger partial charge in [-0.3, -0.25) is 0 Å². The number of fused-ring (bicyclic) bond motifs is 9. The molecule has 2 aromatic heterocycles. The predicted molar refractivity (Wildman–Crippen MR) is 203 cm³/mol. The number of anilines is 3. The third kappa shape index (κ3) is 4.52. The molecule has 0 spiro atoms. The van der Waals surface area contributed by atoms with Crippen molar-refractivity contribution in [2.45, 2.75) is 0 Å². The summed E-state index contributed by atoms with van der Waals surface area (Å²) in [6.45, 7) is 0. The molecule has 0 saturated heterocycles. The Labute approximate surface area is 288 Å². The van der Waals surface area contributed by atoms with Crippen LogP contribution < -0.4 is 4.90 Å². The monoisotopic (exact) mass is 640 g/mol. The Morgan fingerprint density at radius 1 is 0.420 bits per heavy atom. The normalized spacial score (nSPS) is 12.0. The van der Waals surface area contributed by atoms with Crippen LogP contribution in [0.15, 0.2) is 174 Å². The summed E-state index contributed by atoms with van der Waals surface area (Å²) in [6, 6.07) is 58.6. The largest absolute Gasteiger partial charge is 0.455 e. The number of hydrogen-bond acceptors (Lipinski definition) is 5. The zero-order valence-electron chi connectivity index (χ0n) is 26.9. The summed E-state index contributed by atoms with van der Waals surface area (Å²) in [6.07, 6.45) is 0. The number of furan rings is 1. The van der Waals surface area contributed by atoms with E-state index in [0.717, 1.165) is 67.2 Å².